The largest absolute Gasteiger partial charge is 0.314 e. The van der Waals surface area contributed by atoms with Crippen LogP contribution >= 0.6 is 11.8 Å². The molecule has 0 bridgehead atoms. The summed E-state index contributed by atoms with van der Waals surface area (Å²) in [5.41, 5.74) is 0. The molecule has 0 aromatic heterocycles. The van der Waals surface area contributed by atoms with Gasteiger partial charge < -0.3 is 5.32 Å². The summed E-state index contributed by atoms with van der Waals surface area (Å²) in [6.07, 6.45) is 3.77. The Kier molecular flexibility index (Phi) is 4.24. The van der Waals surface area contributed by atoms with E-state index in [1.165, 1.54) is 24.2 Å². The molecule has 1 aliphatic carbocycles. The molecule has 0 spiro atoms. The fourth-order valence-electron chi connectivity index (χ4n) is 2.23. The van der Waals surface area contributed by atoms with Crippen molar-refractivity contribution in [2.24, 2.45) is 0 Å². The Labute approximate surface area is 101 Å². The summed E-state index contributed by atoms with van der Waals surface area (Å²) in [6, 6.07) is 7.52. The van der Waals surface area contributed by atoms with Crippen molar-refractivity contribution in [3.05, 3.63) is 30.1 Å². The van der Waals surface area contributed by atoms with Crippen LogP contribution in [0.5, 0.6) is 0 Å². The zero-order valence-corrected chi connectivity index (χ0v) is 10.4. The van der Waals surface area contributed by atoms with Crippen LogP contribution in [0.1, 0.15) is 26.2 Å². The molecule has 2 atom stereocenters. The van der Waals surface area contributed by atoms with Crippen molar-refractivity contribution in [2.75, 3.05) is 6.54 Å². The van der Waals surface area contributed by atoms with Gasteiger partial charge in [-0.05, 0) is 50.1 Å². The maximum Gasteiger partial charge on any atom is 0.123 e. The lowest BCUT2D eigenvalue weighted by Crippen LogP contribution is -2.26. The van der Waals surface area contributed by atoms with Gasteiger partial charge in [0.2, 0.25) is 0 Å². The molecule has 0 aliphatic heterocycles. The lowest BCUT2D eigenvalue weighted by molar-refractivity contribution is 0.543. The zero-order chi connectivity index (χ0) is 11.4. The topological polar surface area (TPSA) is 12.0 Å². The normalized spacial score (nSPS) is 24.9. The SMILES string of the molecule is CCNC1CCC(Sc2ccc(F)cc2)C1. The Morgan fingerprint density at radius 1 is 1.31 bits per heavy atom. The van der Waals surface area contributed by atoms with Crippen LogP contribution in [-0.4, -0.2) is 17.8 Å². The Morgan fingerprint density at radius 3 is 2.75 bits per heavy atom. The number of rotatable bonds is 4. The monoisotopic (exact) mass is 239 g/mol. The van der Waals surface area contributed by atoms with E-state index in [2.05, 4.69) is 12.2 Å². The minimum absolute atomic E-state index is 0.152. The van der Waals surface area contributed by atoms with E-state index in [-0.39, 0.29) is 5.82 Å². The minimum atomic E-state index is -0.152. The fraction of sp³-hybridized carbons (Fsp3) is 0.538. The highest BCUT2D eigenvalue weighted by Gasteiger charge is 2.24. The quantitative estimate of drug-likeness (QED) is 0.863. The molecule has 1 nitrogen and oxygen atoms in total. The van der Waals surface area contributed by atoms with Gasteiger partial charge >= 0.3 is 0 Å². The molecule has 3 heteroatoms. The Hall–Kier alpha value is -0.540. The van der Waals surface area contributed by atoms with Gasteiger partial charge in [0.25, 0.3) is 0 Å². The Bertz CT molecular complexity index is 325. The molecule has 1 saturated carbocycles. The first-order valence-electron chi connectivity index (χ1n) is 5.93. The van der Waals surface area contributed by atoms with E-state index in [9.17, 15) is 4.39 Å². The smallest absolute Gasteiger partial charge is 0.123 e. The molecule has 16 heavy (non-hydrogen) atoms. The third-order valence-corrected chi connectivity index (χ3v) is 4.30. The van der Waals surface area contributed by atoms with E-state index in [4.69, 9.17) is 0 Å². The summed E-state index contributed by atoms with van der Waals surface area (Å²) in [6.45, 7) is 3.21. The van der Waals surface area contributed by atoms with Gasteiger partial charge in [0.15, 0.2) is 0 Å². The van der Waals surface area contributed by atoms with E-state index < -0.39 is 0 Å². The molecule has 0 amide bonds. The molecule has 1 aliphatic rings. The maximum atomic E-state index is 12.7. The molecular formula is C13H18FNS. The van der Waals surface area contributed by atoms with Crippen molar-refractivity contribution in [3.63, 3.8) is 0 Å². The second kappa shape index (κ2) is 5.69. The molecule has 1 fully saturated rings. The van der Waals surface area contributed by atoms with Gasteiger partial charge in [-0.1, -0.05) is 6.92 Å². The zero-order valence-electron chi connectivity index (χ0n) is 9.58. The van der Waals surface area contributed by atoms with Crippen molar-refractivity contribution in [1.29, 1.82) is 0 Å². The van der Waals surface area contributed by atoms with Crippen LogP contribution in [0.2, 0.25) is 0 Å². The van der Waals surface area contributed by atoms with E-state index in [0.29, 0.717) is 11.3 Å². The van der Waals surface area contributed by atoms with Gasteiger partial charge in [-0.2, -0.15) is 0 Å². The summed E-state index contributed by atoms with van der Waals surface area (Å²) >= 11 is 1.88. The number of hydrogen-bond donors (Lipinski definition) is 1. The molecule has 2 unspecified atom stereocenters. The van der Waals surface area contributed by atoms with Crippen molar-refractivity contribution in [3.8, 4) is 0 Å². The van der Waals surface area contributed by atoms with Crippen LogP contribution in [0, 0.1) is 5.82 Å². The van der Waals surface area contributed by atoms with Gasteiger partial charge in [0, 0.05) is 16.2 Å². The molecule has 1 aromatic carbocycles. The van der Waals surface area contributed by atoms with Gasteiger partial charge in [0.1, 0.15) is 5.82 Å². The van der Waals surface area contributed by atoms with Crippen LogP contribution in [-0.2, 0) is 0 Å². The summed E-state index contributed by atoms with van der Waals surface area (Å²) in [4.78, 5) is 1.18. The minimum Gasteiger partial charge on any atom is -0.314 e. The first-order valence-corrected chi connectivity index (χ1v) is 6.81. The third-order valence-electron chi connectivity index (χ3n) is 2.99. The molecule has 1 aromatic rings. The highest BCUT2D eigenvalue weighted by Crippen LogP contribution is 2.34. The molecule has 0 heterocycles. The number of halogens is 1. The van der Waals surface area contributed by atoms with Crippen molar-refractivity contribution < 1.29 is 4.39 Å². The van der Waals surface area contributed by atoms with Crippen LogP contribution < -0.4 is 5.32 Å². The third kappa shape index (κ3) is 3.22. The number of nitrogens with one attached hydrogen (secondary N) is 1. The van der Waals surface area contributed by atoms with Crippen molar-refractivity contribution >= 4 is 11.8 Å². The van der Waals surface area contributed by atoms with Crippen LogP contribution in [0.15, 0.2) is 29.2 Å². The molecule has 1 N–H and O–H groups in total. The number of benzene rings is 1. The first-order chi connectivity index (χ1) is 7.78. The first kappa shape index (κ1) is 11.9. The molecule has 2 rings (SSSR count). The van der Waals surface area contributed by atoms with E-state index >= 15 is 0 Å². The van der Waals surface area contributed by atoms with E-state index in [1.807, 2.05) is 23.9 Å². The highest BCUT2D eigenvalue weighted by molar-refractivity contribution is 8.00. The Morgan fingerprint density at radius 2 is 2.06 bits per heavy atom. The predicted octanol–water partition coefficient (Wildman–Crippen LogP) is 3.45. The van der Waals surface area contributed by atoms with Crippen LogP contribution in [0.4, 0.5) is 4.39 Å². The molecule has 0 saturated heterocycles. The standard InChI is InChI=1S/C13H18FNS/c1-2-15-11-5-8-13(9-11)16-12-6-3-10(14)4-7-12/h3-4,6-7,11,13,15H,2,5,8-9H2,1H3. The van der Waals surface area contributed by atoms with Crippen molar-refractivity contribution in [1.82, 2.24) is 5.32 Å². The van der Waals surface area contributed by atoms with Crippen LogP contribution in [0.3, 0.4) is 0 Å². The lowest BCUT2D eigenvalue weighted by Gasteiger charge is -2.11. The van der Waals surface area contributed by atoms with Gasteiger partial charge in [0.05, 0.1) is 0 Å². The van der Waals surface area contributed by atoms with E-state index in [0.717, 1.165) is 6.54 Å². The Balaban J connectivity index is 1.84. The summed E-state index contributed by atoms with van der Waals surface area (Å²) in [5, 5.41) is 4.19. The molecule has 0 radical (unpaired) electrons. The lowest BCUT2D eigenvalue weighted by atomic mass is 10.2. The summed E-state index contributed by atoms with van der Waals surface area (Å²) in [7, 11) is 0. The van der Waals surface area contributed by atoms with E-state index in [1.54, 1.807) is 12.1 Å². The molecule has 88 valence electrons. The maximum absolute atomic E-state index is 12.7. The average molecular weight is 239 g/mol. The van der Waals surface area contributed by atoms with Gasteiger partial charge in [-0.15, -0.1) is 11.8 Å². The van der Waals surface area contributed by atoms with Gasteiger partial charge in [-0.3, -0.25) is 0 Å². The number of thioether (sulfide) groups is 1. The average Bonchev–Trinajstić information content (AvgIpc) is 2.70. The highest BCUT2D eigenvalue weighted by atomic mass is 32.2. The second-order valence-electron chi connectivity index (χ2n) is 4.26. The molecular weight excluding hydrogens is 221 g/mol. The number of hydrogen-bond acceptors (Lipinski definition) is 2. The predicted molar refractivity (Wildman–Crippen MR) is 67.4 cm³/mol. The second-order valence-corrected chi connectivity index (χ2v) is 5.64. The van der Waals surface area contributed by atoms with Gasteiger partial charge in [-0.25, -0.2) is 4.39 Å². The van der Waals surface area contributed by atoms with Crippen molar-refractivity contribution in [2.45, 2.75) is 42.4 Å². The summed E-state index contributed by atoms with van der Waals surface area (Å²) in [5.74, 6) is -0.152. The van der Waals surface area contributed by atoms with Crippen LogP contribution in [0.25, 0.3) is 0 Å². The fourth-order valence-corrected chi connectivity index (χ4v) is 3.49. The summed E-state index contributed by atoms with van der Waals surface area (Å²) < 4.78 is 12.7.